The van der Waals surface area contributed by atoms with Crippen molar-refractivity contribution in [3.63, 3.8) is 0 Å². The maximum Gasteiger partial charge on any atom is 0.244 e. The van der Waals surface area contributed by atoms with Gasteiger partial charge in [0.1, 0.15) is 12.4 Å². The molecule has 5 nitrogen and oxygen atoms in total. The third-order valence-corrected chi connectivity index (χ3v) is 4.54. The predicted molar refractivity (Wildman–Crippen MR) is 108 cm³/mol. The van der Waals surface area contributed by atoms with Crippen molar-refractivity contribution in [2.45, 2.75) is 20.4 Å². The van der Waals surface area contributed by atoms with E-state index in [1.54, 1.807) is 12.4 Å². The summed E-state index contributed by atoms with van der Waals surface area (Å²) in [7, 11) is 0. The topological polar surface area (TPSA) is 59.8 Å². The van der Waals surface area contributed by atoms with E-state index in [-0.39, 0.29) is 12.5 Å². The van der Waals surface area contributed by atoms with Crippen LogP contribution in [-0.4, -0.2) is 20.4 Å². The van der Waals surface area contributed by atoms with Gasteiger partial charge in [0.05, 0.1) is 11.0 Å². The van der Waals surface area contributed by atoms with Crippen LogP contribution < -0.4 is 5.32 Å². The SMILES string of the molecule is Cc1ccc(C)c(NC(=O)Cn2c(-c3cccnc3)nc3ccccc32)c1. The number of carbonyl (C=O) groups excluding carboxylic acids is 1. The Morgan fingerprint density at radius 1 is 1.07 bits per heavy atom. The largest absolute Gasteiger partial charge is 0.324 e. The molecule has 0 atom stereocenters. The van der Waals surface area contributed by atoms with Crippen LogP contribution in [0.4, 0.5) is 5.69 Å². The summed E-state index contributed by atoms with van der Waals surface area (Å²) in [5, 5.41) is 3.03. The molecule has 134 valence electrons. The lowest BCUT2D eigenvalue weighted by atomic mass is 10.1. The van der Waals surface area contributed by atoms with E-state index in [0.717, 1.165) is 39.2 Å². The maximum atomic E-state index is 12.8. The minimum absolute atomic E-state index is 0.0861. The number of rotatable bonds is 4. The van der Waals surface area contributed by atoms with Crippen molar-refractivity contribution < 1.29 is 4.79 Å². The Morgan fingerprint density at radius 3 is 2.74 bits per heavy atom. The molecule has 1 amide bonds. The molecule has 0 bridgehead atoms. The highest BCUT2D eigenvalue weighted by atomic mass is 16.1. The predicted octanol–water partition coefficient (Wildman–Crippen LogP) is 4.35. The van der Waals surface area contributed by atoms with Gasteiger partial charge in [-0.1, -0.05) is 24.3 Å². The zero-order valence-corrected chi connectivity index (χ0v) is 15.3. The molecule has 0 fully saturated rings. The van der Waals surface area contributed by atoms with Crippen molar-refractivity contribution in [1.82, 2.24) is 14.5 Å². The number of hydrogen-bond acceptors (Lipinski definition) is 3. The summed E-state index contributed by atoms with van der Waals surface area (Å²) in [6.07, 6.45) is 3.49. The zero-order chi connectivity index (χ0) is 18.8. The van der Waals surface area contributed by atoms with Crippen LogP contribution in [0.2, 0.25) is 0 Å². The molecule has 0 aliphatic heterocycles. The summed E-state index contributed by atoms with van der Waals surface area (Å²) in [4.78, 5) is 21.7. The summed E-state index contributed by atoms with van der Waals surface area (Å²) in [6, 6.07) is 17.7. The summed E-state index contributed by atoms with van der Waals surface area (Å²) in [5.41, 5.74) is 5.65. The number of carbonyl (C=O) groups is 1. The fourth-order valence-electron chi connectivity index (χ4n) is 3.15. The fourth-order valence-corrected chi connectivity index (χ4v) is 3.15. The van der Waals surface area contributed by atoms with E-state index in [1.165, 1.54) is 0 Å². The van der Waals surface area contributed by atoms with E-state index in [4.69, 9.17) is 4.98 Å². The van der Waals surface area contributed by atoms with Crippen LogP contribution in [0.5, 0.6) is 0 Å². The van der Waals surface area contributed by atoms with Gasteiger partial charge in [-0.25, -0.2) is 4.98 Å². The Labute approximate surface area is 157 Å². The smallest absolute Gasteiger partial charge is 0.244 e. The quantitative estimate of drug-likeness (QED) is 0.591. The van der Waals surface area contributed by atoms with Gasteiger partial charge in [0.15, 0.2) is 0 Å². The molecule has 4 aromatic rings. The average molecular weight is 356 g/mol. The maximum absolute atomic E-state index is 12.8. The molecule has 2 aromatic heterocycles. The summed E-state index contributed by atoms with van der Waals surface area (Å²) in [6.45, 7) is 4.18. The van der Waals surface area contributed by atoms with Crippen molar-refractivity contribution in [2.24, 2.45) is 0 Å². The van der Waals surface area contributed by atoms with Crippen LogP contribution in [0.25, 0.3) is 22.4 Å². The second kappa shape index (κ2) is 7.03. The number of aryl methyl sites for hydroxylation is 2. The second-order valence-electron chi connectivity index (χ2n) is 6.62. The van der Waals surface area contributed by atoms with E-state index in [2.05, 4.69) is 10.3 Å². The third-order valence-electron chi connectivity index (χ3n) is 4.54. The summed E-state index contributed by atoms with van der Waals surface area (Å²) >= 11 is 0. The Balaban J connectivity index is 1.70. The second-order valence-corrected chi connectivity index (χ2v) is 6.62. The van der Waals surface area contributed by atoms with Gasteiger partial charge in [-0.2, -0.15) is 0 Å². The normalized spacial score (nSPS) is 10.9. The lowest BCUT2D eigenvalue weighted by Crippen LogP contribution is -2.20. The van der Waals surface area contributed by atoms with Crippen LogP contribution in [0.3, 0.4) is 0 Å². The first-order chi connectivity index (χ1) is 13.1. The van der Waals surface area contributed by atoms with Crippen molar-refractivity contribution in [3.8, 4) is 11.4 Å². The van der Waals surface area contributed by atoms with Gasteiger partial charge in [0, 0.05) is 23.6 Å². The number of nitrogens with one attached hydrogen (secondary N) is 1. The summed E-state index contributed by atoms with van der Waals surface area (Å²) < 4.78 is 1.94. The molecule has 0 saturated heterocycles. The molecule has 0 unspecified atom stereocenters. The first-order valence-corrected chi connectivity index (χ1v) is 8.84. The third kappa shape index (κ3) is 3.44. The minimum atomic E-state index is -0.0861. The molecule has 5 heteroatoms. The molecule has 0 saturated carbocycles. The Bertz CT molecular complexity index is 1120. The molecule has 2 aromatic carbocycles. The standard InChI is InChI=1S/C22H20N4O/c1-15-9-10-16(2)19(12-15)24-21(27)14-26-20-8-4-3-7-18(20)25-22(26)17-6-5-11-23-13-17/h3-13H,14H2,1-2H3,(H,24,27). The molecule has 2 heterocycles. The fraction of sp³-hybridized carbons (Fsp3) is 0.136. The molecule has 4 rings (SSSR count). The van der Waals surface area contributed by atoms with Gasteiger partial charge in [-0.3, -0.25) is 9.78 Å². The molecular weight excluding hydrogens is 336 g/mol. The van der Waals surface area contributed by atoms with E-state index in [9.17, 15) is 4.79 Å². The van der Waals surface area contributed by atoms with Crippen LogP contribution in [-0.2, 0) is 11.3 Å². The first kappa shape index (κ1) is 17.0. The van der Waals surface area contributed by atoms with Crippen molar-refractivity contribution in [2.75, 3.05) is 5.32 Å². The lowest BCUT2D eigenvalue weighted by Gasteiger charge is -2.12. The number of hydrogen-bond donors (Lipinski definition) is 1. The number of benzene rings is 2. The first-order valence-electron chi connectivity index (χ1n) is 8.84. The van der Waals surface area contributed by atoms with E-state index in [1.807, 2.05) is 73.0 Å². The van der Waals surface area contributed by atoms with Gasteiger partial charge < -0.3 is 9.88 Å². The molecule has 0 radical (unpaired) electrons. The number of imidazole rings is 1. The minimum Gasteiger partial charge on any atom is -0.324 e. The molecule has 0 aliphatic rings. The number of pyridine rings is 1. The summed E-state index contributed by atoms with van der Waals surface area (Å²) in [5.74, 6) is 0.650. The van der Waals surface area contributed by atoms with Crippen molar-refractivity contribution >= 4 is 22.6 Å². The number of nitrogens with zero attached hydrogens (tertiary/aromatic N) is 3. The van der Waals surface area contributed by atoms with Gasteiger partial charge in [0.25, 0.3) is 0 Å². The molecular formula is C22H20N4O. The van der Waals surface area contributed by atoms with Crippen molar-refractivity contribution in [1.29, 1.82) is 0 Å². The number of aromatic nitrogens is 3. The number of fused-ring (bicyclic) bond motifs is 1. The van der Waals surface area contributed by atoms with Crippen LogP contribution >= 0.6 is 0 Å². The van der Waals surface area contributed by atoms with Gasteiger partial charge in [-0.05, 0) is 55.3 Å². The molecule has 27 heavy (non-hydrogen) atoms. The van der Waals surface area contributed by atoms with Gasteiger partial charge >= 0.3 is 0 Å². The number of para-hydroxylation sites is 2. The Morgan fingerprint density at radius 2 is 1.93 bits per heavy atom. The highest BCUT2D eigenvalue weighted by Crippen LogP contribution is 2.24. The Kier molecular flexibility index (Phi) is 4.42. The lowest BCUT2D eigenvalue weighted by molar-refractivity contribution is -0.116. The van der Waals surface area contributed by atoms with Crippen molar-refractivity contribution in [3.05, 3.63) is 78.1 Å². The van der Waals surface area contributed by atoms with Crippen LogP contribution in [0.1, 0.15) is 11.1 Å². The average Bonchev–Trinajstić information content (AvgIpc) is 3.04. The van der Waals surface area contributed by atoms with Crippen LogP contribution in [0.15, 0.2) is 67.0 Å². The molecule has 0 aliphatic carbocycles. The van der Waals surface area contributed by atoms with E-state index in [0.29, 0.717) is 0 Å². The van der Waals surface area contributed by atoms with Gasteiger partial charge in [0.2, 0.25) is 5.91 Å². The van der Waals surface area contributed by atoms with E-state index < -0.39 is 0 Å². The Hall–Kier alpha value is -3.47. The number of amides is 1. The molecule has 1 N–H and O–H groups in total. The van der Waals surface area contributed by atoms with Crippen LogP contribution in [0, 0.1) is 13.8 Å². The van der Waals surface area contributed by atoms with E-state index >= 15 is 0 Å². The highest BCUT2D eigenvalue weighted by Gasteiger charge is 2.15. The highest BCUT2D eigenvalue weighted by molar-refractivity contribution is 5.93. The monoisotopic (exact) mass is 356 g/mol. The number of anilines is 1. The van der Waals surface area contributed by atoms with Gasteiger partial charge in [-0.15, -0.1) is 0 Å². The zero-order valence-electron chi connectivity index (χ0n) is 15.3. The molecule has 0 spiro atoms.